The van der Waals surface area contributed by atoms with E-state index in [2.05, 4.69) is 15.2 Å². The number of benzene rings is 2. The third kappa shape index (κ3) is 4.07. The maximum absolute atomic E-state index is 12.9. The minimum atomic E-state index is -4.36. The maximum atomic E-state index is 12.9. The number of halogens is 3. The highest BCUT2D eigenvalue weighted by Crippen LogP contribution is 2.31. The number of aliphatic imine (C=N–C) groups is 1. The molecule has 1 fully saturated rings. The molecule has 0 spiro atoms. The van der Waals surface area contributed by atoms with Gasteiger partial charge in [-0.15, -0.1) is 0 Å². The van der Waals surface area contributed by atoms with Gasteiger partial charge in [-0.25, -0.2) is 4.99 Å². The quantitative estimate of drug-likeness (QED) is 0.625. The Balaban J connectivity index is 1.88. The highest BCUT2D eigenvalue weighted by Gasteiger charge is 2.30. The molecule has 126 valence electrons. The Kier molecular flexibility index (Phi) is 4.74. The molecule has 0 amide bonds. The molecule has 2 aromatic rings. The van der Waals surface area contributed by atoms with Gasteiger partial charge in [-0.05, 0) is 43.2 Å². The van der Waals surface area contributed by atoms with Crippen molar-refractivity contribution in [2.75, 3.05) is 18.4 Å². The van der Waals surface area contributed by atoms with Crippen molar-refractivity contribution in [3.63, 3.8) is 0 Å². The maximum Gasteiger partial charge on any atom is 0.416 e. The predicted molar refractivity (Wildman–Crippen MR) is 89.4 cm³/mol. The number of hydrogen-bond donors (Lipinski definition) is 1. The lowest BCUT2D eigenvalue weighted by Gasteiger charge is -2.22. The zero-order valence-corrected chi connectivity index (χ0v) is 13.1. The lowest BCUT2D eigenvalue weighted by molar-refractivity contribution is -0.137. The number of anilines is 1. The van der Waals surface area contributed by atoms with Crippen LogP contribution in [0.5, 0.6) is 0 Å². The summed E-state index contributed by atoms with van der Waals surface area (Å²) in [5, 5.41) is 3.06. The van der Waals surface area contributed by atoms with Gasteiger partial charge >= 0.3 is 6.18 Å². The SMILES string of the molecule is FC(F)(F)c1cccc(NC(=Nc2ccccc2)N2CCCC2)c1. The molecule has 3 rings (SSSR count). The standard InChI is InChI=1S/C18H18F3N3/c19-18(20,21)14-7-6-10-16(13-14)23-17(24-11-4-5-12-24)22-15-8-2-1-3-9-15/h1-3,6-10,13H,4-5,11-12H2,(H,22,23). The van der Waals surface area contributed by atoms with Gasteiger partial charge in [0.2, 0.25) is 5.96 Å². The predicted octanol–water partition coefficient (Wildman–Crippen LogP) is 4.90. The summed E-state index contributed by atoms with van der Waals surface area (Å²) in [6, 6.07) is 14.6. The summed E-state index contributed by atoms with van der Waals surface area (Å²) < 4.78 is 38.7. The van der Waals surface area contributed by atoms with Crippen LogP contribution in [0.4, 0.5) is 24.5 Å². The van der Waals surface area contributed by atoms with Crippen molar-refractivity contribution in [1.82, 2.24) is 4.90 Å². The van der Waals surface area contributed by atoms with E-state index in [4.69, 9.17) is 0 Å². The van der Waals surface area contributed by atoms with E-state index in [0.29, 0.717) is 11.6 Å². The van der Waals surface area contributed by atoms with E-state index < -0.39 is 11.7 Å². The van der Waals surface area contributed by atoms with Crippen LogP contribution < -0.4 is 5.32 Å². The molecule has 0 unspecified atom stereocenters. The van der Waals surface area contributed by atoms with Crippen LogP contribution in [0.2, 0.25) is 0 Å². The minimum Gasteiger partial charge on any atom is -0.342 e. The highest BCUT2D eigenvalue weighted by atomic mass is 19.4. The van der Waals surface area contributed by atoms with Crippen molar-refractivity contribution in [1.29, 1.82) is 0 Å². The van der Waals surface area contributed by atoms with E-state index in [1.807, 2.05) is 30.3 Å². The van der Waals surface area contributed by atoms with Gasteiger partial charge in [-0.3, -0.25) is 0 Å². The molecule has 0 bridgehead atoms. The Morgan fingerprint density at radius 3 is 2.33 bits per heavy atom. The number of nitrogens with one attached hydrogen (secondary N) is 1. The number of likely N-dealkylation sites (tertiary alicyclic amines) is 1. The topological polar surface area (TPSA) is 27.6 Å². The van der Waals surface area contributed by atoms with Crippen LogP contribution in [0.1, 0.15) is 18.4 Å². The highest BCUT2D eigenvalue weighted by molar-refractivity contribution is 5.95. The minimum absolute atomic E-state index is 0.381. The van der Waals surface area contributed by atoms with Gasteiger partial charge in [0, 0.05) is 18.8 Å². The Bertz CT molecular complexity index is 705. The van der Waals surface area contributed by atoms with E-state index in [0.717, 1.165) is 43.8 Å². The molecule has 1 heterocycles. The number of nitrogens with zero attached hydrogens (tertiary/aromatic N) is 2. The van der Waals surface area contributed by atoms with Crippen molar-refractivity contribution in [3.8, 4) is 0 Å². The van der Waals surface area contributed by atoms with Crippen molar-refractivity contribution in [2.24, 2.45) is 4.99 Å². The van der Waals surface area contributed by atoms with Gasteiger partial charge in [0.25, 0.3) is 0 Å². The zero-order valence-electron chi connectivity index (χ0n) is 13.1. The second-order valence-corrected chi connectivity index (χ2v) is 5.67. The first-order valence-electron chi connectivity index (χ1n) is 7.85. The summed E-state index contributed by atoms with van der Waals surface area (Å²) in [5.41, 5.74) is 0.471. The third-order valence-corrected chi connectivity index (χ3v) is 3.84. The van der Waals surface area contributed by atoms with Crippen LogP contribution in [0.15, 0.2) is 59.6 Å². The van der Waals surface area contributed by atoms with Gasteiger partial charge in [-0.1, -0.05) is 24.3 Å². The first kappa shape index (κ1) is 16.4. The zero-order chi connectivity index (χ0) is 17.0. The molecule has 1 aliphatic heterocycles. The summed E-state index contributed by atoms with van der Waals surface area (Å²) in [5.74, 6) is 0.582. The molecule has 0 aliphatic carbocycles. The molecule has 0 aromatic heterocycles. The summed E-state index contributed by atoms with van der Waals surface area (Å²) >= 11 is 0. The summed E-state index contributed by atoms with van der Waals surface area (Å²) in [4.78, 5) is 6.64. The molecule has 0 atom stereocenters. The Hall–Kier alpha value is -2.50. The summed E-state index contributed by atoms with van der Waals surface area (Å²) in [6.07, 6.45) is -2.25. The van der Waals surface area contributed by atoms with Crippen LogP contribution in [0.25, 0.3) is 0 Å². The second-order valence-electron chi connectivity index (χ2n) is 5.67. The number of guanidine groups is 1. The molecule has 1 saturated heterocycles. The Morgan fingerprint density at radius 2 is 1.67 bits per heavy atom. The molecule has 3 nitrogen and oxygen atoms in total. The average Bonchev–Trinajstić information content (AvgIpc) is 3.09. The molecule has 24 heavy (non-hydrogen) atoms. The lowest BCUT2D eigenvalue weighted by atomic mass is 10.2. The third-order valence-electron chi connectivity index (χ3n) is 3.84. The monoisotopic (exact) mass is 333 g/mol. The van der Waals surface area contributed by atoms with E-state index in [-0.39, 0.29) is 0 Å². The molecular weight excluding hydrogens is 315 g/mol. The van der Waals surface area contributed by atoms with Crippen molar-refractivity contribution in [2.45, 2.75) is 19.0 Å². The fourth-order valence-electron chi connectivity index (χ4n) is 2.63. The Labute approximate surface area is 138 Å². The number of alkyl halides is 3. The van der Waals surface area contributed by atoms with Gasteiger partial charge in [0.05, 0.1) is 11.3 Å². The second kappa shape index (κ2) is 6.95. The summed E-state index contributed by atoms with van der Waals surface area (Å²) in [7, 11) is 0. The van der Waals surface area contributed by atoms with Crippen LogP contribution in [0, 0.1) is 0 Å². The normalized spacial score (nSPS) is 15.6. The average molecular weight is 333 g/mol. The van der Waals surface area contributed by atoms with Gasteiger partial charge in [0.1, 0.15) is 0 Å². The van der Waals surface area contributed by atoms with Gasteiger partial charge in [0.15, 0.2) is 0 Å². The summed E-state index contributed by atoms with van der Waals surface area (Å²) in [6.45, 7) is 1.69. The van der Waals surface area contributed by atoms with E-state index in [9.17, 15) is 13.2 Å². The number of para-hydroxylation sites is 1. The molecule has 6 heteroatoms. The van der Waals surface area contributed by atoms with Gasteiger partial charge < -0.3 is 10.2 Å². The smallest absolute Gasteiger partial charge is 0.342 e. The molecule has 1 N–H and O–H groups in total. The molecule has 0 saturated carbocycles. The van der Waals surface area contributed by atoms with Crippen molar-refractivity contribution < 1.29 is 13.2 Å². The van der Waals surface area contributed by atoms with Crippen molar-refractivity contribution in [3.05, 3.63) is 60.2 Å². The van der Waals surface area contributed by atoms with E-state index >= 15 is 0 Å². The largest absolute Gasteiger partial charge is 0.416 e. The molecule has 2 aromatic carbocycles. The van der Waals surface area contributed by atoms with Gasteiger partial charge in [-0.2, -0.15) is 13.2 Å². The van der Waals surface area contributed by atoms with E-state index in [1.165, 1.54) is 6.07 Å². The molecular formula is C18H18F3N3. The Morgan fingerprint density at radius 1 is 0.958 bits per heavy atom. The first-order chi connectivity index (χ1) is 11.5. The fourth-order valence-corrected chi connectivity index (χ4v) is 2.63. The van der Waals surface area contributed by atoms with Crippen LogP contribution in [-0.4, -0.2) is 23.9 Å². The molecule has 0 radical (unpaired) electrons. The van der Waals surface area contributed by atoms with E-state index in [1.54, 1.807) is 6.07 Å². The van der Waals surface area contributed by atoms with Crippen LogP contribution in [0.3, 0.4) is 0 Å². The first-order valence-corrected chi connectivity index (χ1v) is 7.85. The lowest BCUT2D eigenvalue weighted by Crippen LogP contribution is -2.33. The van der Waals surface area contributed by atoms with Crippen LogP contribution >= 0.6 is 0 Å². The molecule has 1 aliphatic rings. The number of rotatable bonds is 2. The van der Waals surface area contributed by atoms with Crippen molar-refractivity contribution >= 4 is 17.3 Å². The fraction of sp³-hybridized carbons (Fsp3) is 0.278. The van der Waals surface area contributed by atoms with Crippen LogP contribution in [-0.2, 0) is 6.18 Å². The number of hydrogen-bond acceptors (Lipinski definition) is 1.